The van der Waals surface area contributed by atoms with Crippen molar-refractivity contribution in [1.82, 2.24) is 9.21 Å². The molecule has 4 nitrogen and oxygen atoms in total. The van der Waals surface area contributed by atoms with Crippen LogP contribution in [-0.2, 0) is 10.0 Å². The molecule has 0 fully saturated rings. The van der Waals surface area contributed by atoms with E-state index in [2.05, 4.69) is 0 Å². The third kappa shape index (κ3) is 4.58. The van der Waals surface area contributed by atoms with Crippen LogP contribution in [0.3, 0.4) is 0 Å². The highest BCUT2D eigenvalue weighted by Gasteiger charge is 2.26. The maximum absolute atomic E-state index is 12.8. The first-order chi connectivity index (χ1) is 9.25. The van der Waals surface area contributed by atoms with Gasteiger partial charge < -0.3 is 4.90 Å². The molecule has 0 aliphatic carbocycles. The Hall–Kier alpha value is -0.910. The predicted molar refractivity (Wildman–Crippen MR) is 83.3 cm³/mol. The molecule has 1 rings (SSSR count). The molecule has 20 heavy (non-hydrogen) atoms. The molecule has 5 heteroatoms. The summed E-state index contributed by atoms with van der Waals surface area (Å²) in [7, 11) is 0.489. The fourth-order valence-corrected chi connectivity index (χ4v) is 3.83. The molecule has 0 N–H and O–H groups in total. The van der Waals surface area contributed by atoms with E-state index in [1.807, 2.05) is 51.9 Å². The minimum Gasteiger partial charge on any atom is -0.308 e. The van der Waals surface area contributed by atoms with Gasteiger partial charge in [-0.1, -0.05) is 32.0 Å². The largest absolute Gasteiger partial charge is 0.308 e. The smallest absolute Gasteiger partial charge is 0.243 e. The molecule has 0 saturated heterocycles. The topological polar surface area (TPSA) is 40.6 Å². The van der Waals surface area contributed by atoms with Gasteiger partial charge in [0, 0.05) is 19.6 Å². The third-order valence-corrected chi connectivity index (χ3v) is 5.10. The lowest BCUT2D eigenvalue weighted by Gasteiger charge is -2.26. The maximum Gasteiger partial charge on any atom is 0.243 e. The standard InChI is InChI=1S/C15H26N2O2S/c1-13(2)12-17(11-10-16(4)5)20(18,19)15-9-7-6-8-14(15)3/h6-9,13H,10-12H2,1-5H3. The first-order valence-electron chi connectivity index (χ1n) is 6.95. The van der Waals surface area contributed by atoms with Crippen LogP contribution in [0.2, 0.25) is 0 Å². The zero-order chi connectivity index (χ0) is 15.3. The molecule has 0 saturated carbocycles. The van der Waals surface area contributed by atoms with E-state index in [0.29, 0.717) is 23.9 Å². The van der Waals surface area contributed by atoms with Crippen LogP contribution in [-0.4, -0.2) is 51.4 Å². The predicted octanol–water partition coefficient (Wildman–Crippen LogP) is 2.20. The van der Waals surface area contributed by atoms with Gasteiger partial charge in [-0.3, -0.25) is 0 Å². The lowest BCUT2D eigenvalue weighted by molar-refractivity contribution is 0.312. The van der Waals surface area contributed by atoms with Crippen molar-refractivity contribution in [3.05, 3.63) is 29.8 Å². The summed E-state index contributed by atoms with van der Waals surface area (Å²) >= 11 is 0. The van der Waals surface area contributed by atoms with Gasteiger partial charge >= 0.3 is 0 Å². The van der Waals surface area contributed by atoms with Gasteiger partial charge in [-0.25, -0.2) is 8.42 Å². The van der Waals surface area contributed by atoms with Crippen molar-refractivity contribution in [2.75, 3.05) is 33.7 Å². The van der Waals surface area contributed by atoms with Crippen LogP contribution in [0.4, 0.5) is 0 Å². The SMILES string of the molecule is Cc1ccccc1S(=O)(=O)N(CCN(C)C)CC(C)C. The lowest BCUT2D eigenvalue weighted by atomic mass is 10.2. The summed E-state index contributed by atoms with van der Waals surface area (Å²) in [5, 5.41) is 0. The minimum atomic E-state index is -3.42. The van der Waals surface area contributed by atoms with Crippen molar-refractivity contribution < 1.29 is 8.42 Å². The van der Waals surface area contributed by atoms with E-state index in [1.165, 1.54) is 0 Å². The second-order valence-electron chi connectivity index (χ2n) is 5.83. The van der Waals surface area contributed by atoms with E-state index in [9.17, 15) is 8.42 Å². The van der Waals surface area contributed by atoms with Gasteiger partial charge in [0.25, 0.3) is 0 Å². The molecular weight excluding hydrogens is 272 g/mol. The number of benzene rings is 1. The van der Waals surface area contributed by atoms with Crippen LogP contribution in [0.15, 0.2) is 29.2 Å². The summed E-state index contributed by atoms with van der Waals surface area (Å²) in [6, 6.07) is 7.17. The molecule has 1 aromatic carbocycles. The minimum absolute atomic E-state index is 0.302. The Morgan fingerprint density at radius 2 is 1.70 bits per heavy atom. The van der Waals surface area contributed by atoms with Crippen molar-refractivity contribution in [1.29, 1.82) is 0 Å². The first kappa shape index (κ1) is 17.1. The Bertz CT molecular complexity index is 524. The number of hydrogen-bond acceptors (Lipinski definition) is 3. The molecule has 0 aliphatic rings. The van der Waals surface area contributed by atoms with Crippen LogP contribution >= 0.6 is 0 Å². The highest BCUT2D eigenvalue weighted by Crippen LogP contribution is 2.20. The first-order valence-corrected chi connectivity index (χ1v) is 8.39. The van der Waals surface area contributed by atoms with Gasteiger partial charge in [0.15, 0.2) is 0 Å². The van der Waals surface area contributed by atoms with Gasteiger partial charge in [-0.2, -0.15) is 4.31 Å². The second kappa shape index (κ2) is 7.20. The molecule has 0 aliphatic heterocycles. The summed E-state index contributed by atoms with van der Waals surface area (Å²) in [4.78, 5) is 2.42. The van der Waals surface area contributed by atoms with Gasteiger partial charge in [0.05, 0.1) is 4.90 Å². The Morgan fingerprint density at radius 1 is 1.10 bits per heavy atom. The molecule has 0 bridgehead atoms. The Balaban J connectivity index is 3.07. The second-order valence-corrected chi connectivity index (χ2v) is 7.73. The summed E-state index contributed by atoms with van der Waals surface area (Å²) < 4.78 is 27.2. The summed E-state index contributed by atoms with van der Waals surface area (Å²) in [5.41, 5.74) is 0.797. The molecule has 0 heterocycles. The van der Waals surface area contributed by atoms with E-state index in [0.717, 1.165) is 12.1 Å². The maximum atomic E-state index is 12.8. The zero-order valence-corrected chi connectivity index (χ0v) is 13.9. The van der Waals surface area contributed by atoms with Gasteiger partial charge in [0.1, 0.15) is 0 Å². The van der Waals surface area contributed by atoms with E-state index in [-0.39, 0.29) is 0 Å². The summed E-state index contributed by atoms with van der Waals surface area (Å²) in [6.45, 7) is 7.70. The van der Waals surface area contributed by atoms with Gasteiger partial charge in [0.2, 0.25) is 10.0 Å². The van der Waals surface area contributed by atoms with Crippen LogP contribution in [0.1, 0.15) is 19.4 Å². The van der Waals surface area contributed by atoms with E-state index >= 15 is 0 Å². The van der Waals surface area contributed by atoms with Crippen LogP contribution in [0, 0.1) is 12.8 Å². The average Bonchev–Trinajstić information content (AvgIpc) is 2.34. The number of rotatable bonds is 7. The van der Waals surface area contributed by atoms with Gasteiger partial charge in [-0.05, 0) is 38.6 Å². The van der Waals surface area contributed by atoms with Crippen LogP contribution < -0.4 is 0 Å². The average molecular weight is 298 g/mol. The molecule has 0 radical (unpaired) electrons. The van der Waals surface area contributed by atoms with E-state index in [1.54, 1.807) is 16.4 Å². The highest BCUT2D eigenvalue weighted by atomic mass is 32.2. The molecule has 1 aromatic rings. The lowest BCUT2D eigenvalue weighted by Crippen LogP contribution is -2.39. The molecular formula is C15H26N2O2S. The highest BCUT2D eigenvalue weighted by molar-refractivity contribution is 7.89. The Labute approximate surface area is 123 Å². The molecule has 0 spiro atoms. The fourth-order valence-electron chi connectivity index (χ4n) is 2.01. The molecule has 0 amide bonds. The number of nitrogens with zero attached hydrogens (tertiary/aromatic N) is 2. The molecule has 0 atom stereocenters. The molecule has 0 aromatic heterocycles. The Kier molecular flexibility index (Phi) is 6.17. The molecule has 0 unspecified atom stereocenters. The van der Waals surface area contributed by atoms with Crippen LogP contribution in [0.5, 0.6) is 0 Å². The monoisotopic (exact) mass is 298 g/mol. The third-order valence-electron chi connectivity index (χ3n) is 3.08. The Morgan fingerprint density at radius 3 is 2.20 bits per heavy atom. The summed E-state index contributed by atoms with van der Waals surface area (Å²) in [5.74, 6) is 0.302. The fraction of sp³-hybridized carbons (Fsp3) is 0.600. The van der Waals surface area contributed by atoms with Crippen molar-refractivity contribution in [3.63, 3.8) is 0 Å². The number of likely N-dealkylation sites (N-methyl/N-ethyl adjacent to an activating group) is 1. The van der Waals surface area contributed by atoms with Crippen molar-refractivity contribution in [2.45, 2.75) is 25.7 Å². The van der Waals surface area contributed by atoms with Crippen LogP contribution in [0.25, 0.3) is 0 Å². The van der Waals surface area contributed by atoms with Crippen molar-refractivity contribution in [3.8, 4) is 0 Å². The molecule has 114 valence electrons. The normalized spacial score (nSPS) is 12.6. The zero-order valence-electron chi connectivity index (χ0n) is 13.1. The number of sulfonamides is 1. The van der Waals surface area contributed by atoms with Gasteiger partial charge in [-0.15, -0.1) is 0 Å². The van der Waals surface area contributed by atoms with Crippen molar-refractivity contribution >= 4 is 10.0 Å². The number of aryl methyl sites for hydroxylation is 1. The number of hydrogen-bond donors (Lipinski definition) is 0. The van der Waals surface area contributed by atoms with Crippen molar-refractivity contribution in [2.24, 2.45) is 5.92 Å². The van der Waals surface area contributed by atoms with E-state index < -0.39 is 10.0 Å². The van der Waals surface area contributed by atoms with E-state index in [4.69, 9.17) is 0 Å². The quantitative estimate of drug-likeness (QED) is 0.775. The summed E-state index contributed by atoms with van der Waals surface area (Å²) in [6.07, 6.45) is 0.